The fourth-order valence-corrected chi connectivity index (χ4v) is 3.93. The van der Waals surface area contributed by atoms with Crippen molar-refractivity contribution >= 4 is 44.3 Å². The van der Waals surface area contributed by atoms with Crippen molar-refractivity contribution in [3.63, 3.8) is 0 Å². The number of hydrogen-bond acceptors (Lipinski definition) is 3. The Morgan fingerprint density at radius 1 is 0.867 bits per heavy atom. The van der Waals surface area contributed by atoms with E-state index in [1.807, 2.05) is 78.2 Å². The molecule has 3 aromatic carbocycles. The number of amides is 1. The molecule has 0 aliphatic heterocycles. The smallest absolute Gasteiger partial charge is 0.244 e. The fraction of sp³-hybridized carbons (Fsp3) is 0.0800. The lowest BCUT2D eigenvalue weighted by atomic mass is 10.1. The molecule has 0 atom stereocenters. The van der Waals surface area contributed by atoms with E-state index in [1.54, 1.807) is 12.1 Å². The molecule has 5 rings (SSSR count). The van der Waals surface area contributed by atoms with Crippen LogP contribution >= 0.6 is 0 Å². The van der Waals surface area contributed by atoms with Gasteiger partial charge in [-0.1, -0.05) is 42.5 Å². The summed E-state index contributed by atoms with van der Waals surface area (Å²) in [6.07, 6.45) is 0. The quantitative estimate of drug-likeness (QED) is 0.454. The van der Waals surface area contributed by atoms with E-state index in [1.165, 1.54) is 0 Å². The summed E-state index contributed by atoms with van der Waals surface area (Å²) in [5.74, 6) is -0.176. The van der Waals surface area contributed by atoms with Crippen molar-refractivity contribution < 1.29 is 4.79 Å². The fourth-order valence-electron chi connectivity index (χ4n) is 3.93. The van der Waals surface area contributed by atoms with Gasteiger partial charge in [-0.15, -0.1) is 0 Å². The Balaban J connectivity index is 1.59. The molecular weight excluding hydrogens is 374 g/mol. The number of benzene rings is 3. The maximum atomic E-state index is 13.0. The maximum Gasteiger partial charge on any atom is 0.244 e. The van der Waals surface area contributed by atoms with Crippen LogP contribution in [0.3, 0.4) is 0 Å². The van der Waals surface area contributed by atoms with Crippen molar-refractivity contribution in [2.75, 3.05) is 5.32 Å². The Kier molecular flexibility index (Phi) is 4.29. The molecule has 0 saturated heterocycles. The van der Waals surface area contributed by atoms with E-state index in [4.69, 9.17) is 0 Å². The number of fused-ring (bicyclic) bond motifs is 3. The zero-order chi connectivity index (χ0) is 20.7. The third-order valence-electron chi connectivity index (χ3n) is 5.31. The minimum Gasteiger partial charge on any atom is -0.331 e. The van der Waals surface area contributed by atoms with Crippen LogP contribution in [0.5, 0.6) is 0 Å². The molecule has 0 fully saturated rings. The van der Waals surface area contributed by atoms with E-state index >= 15 is 0 Å². The van der Waals surface area contributed by atoms with Crippen LogP contribution in [0.25, 0.3) is 32.7 Å². The summed E-state index contributed by atoms with van der Waals surface area (Å²) in [7, 11) is 0. The van der Waals surface area contributed by atoms with Gasteiger partial charge >= 0.3 is 0 Å². The van der Waals surface area contributed by atoms with Crippen molar-refractivity contribution in [3.05, 3.63) is 94.8 Å². The first-order valence-electron chi connectivity index (χ1n) is 9.78. The second-order valence-corrected chi connectivity index (χ2v) is 7.33. The number of nitrogens with zero attached hydrogens (tertiary/aromatic N) is 2. The first-order valence-corrected chi connectivity index (χ1v) is 9.78. The van der Waals surface area contributed by atoms with Gasteiger partial charge in [0.2, 0.25) is 5.91 Å². The van der Waals surface area contributed by atoms with Crippen molar-refractivity contribution in [3.8, 4) is 0 Å². The largest absolute Gasteiger partial charge is 0.331 e. The van der Waals surface area contributed by atoms with Crippen LogP contribution in [0.2, 0.25) is 0 Å². The molecule has 0 aliphatic carbocycles. The number of hydrogen-bond donors (Lipinski definition) is 1. The lowest BCUT2D eigenvalue weighted by molar-refractivity contribution is -0.116. The molecule has 0 spiro atoms. The first kappa shape index (κ1) is 18.1. The molecule has 2 aromatic heterocycles. The molecule has 2 heterocycles. The number of aryl methyl sites for hydroxylation is 1. The minimum absolute atomic E-state index is 0.0217. The summed E-state index contributed by atoms with van der Waals surface area (Å²) in [6, 6.07) is 24.5. The molecule has 5 aromatic rings. The molecule has 0 unspecified atom stereocenters. The molecule has 146 valence electrons. The Morgan fingerprint density at radius 2 is 1.53 bits per heavy atom. The van der Waals surface area contributed by atoms with Gasteiger partial charge in [0.15, 0.2) is 5.43 Å². The van der Waals surface area contributed by atoms with Gasteiger partial charge in [0.1, 0.15) is 6.54 Å². The Labute approximate surface area is 172 Å². The average Bonchev–Trinajstić information content (AvgIpc) is 2.77. The van der Waals surface area contributed by atoms with E-state index in [-0.39, 0.29) is 17.9 Å². The van der Waals surface area contributed by atoms with E-state index in [0.29, 0.717) is 16.5 Å². The second-order valence-electron chi connectivity index (χ2n) is 7.33. The highest BCUT2D eigenvalue weighted by atomic mass is 16.2. The molecule has 0 bridgehead atoms. The highest BCUT2D eigenvalue weighted by Crippen LogP contribution is 2.23. The van der Waals surface area contributed by atoms with Gasteiger partial charge < -0.3 is 9.88 Å². The second kappa shape index (κ2) is 7.12. The third-order valence-corrected chi connectivity index (χ3v) is 5.31. The average molecular weight is 393 g/mol. The SMILES string of the molecule is Cc1ccc2cccc(NC(=O)Cn3c4ccccc4c(=O)c4ccccc43)c2n1. The zero-order valence-electron chi connectivity index (χ0n) is 16.4. The highest BCUT2D eigenvalue weighted by Gasteiger charge is 2.14. The first-order chi connectivity index (χ1) is 14.6. The minimum atomic E-state index is -0.176. The van der Waals surface area contributed by atoms with Gasteiger partial charge in [0.25, 0.3) is 0 Å². The Bertz CT molecular complexity index is 1440. The number of carbonyl (C=O) groups is 1. The summed E-state index contributed by atoms with van der Waals surface area (Å²) < 4.78 is 1.89. The Hall–Kier alpha value is -3.99. The molecule has 0 aliphatic rings. The number of carbonyl (C=O) groups excluding carboxylic acids is 1. The van der Waals surface area contributed by atoms with Crippen molar-refractivity contribution in [2.24, 2.45) is 0 Å². The van der Waals surface area contributed by atoms with Crippen LogP contribution in [0.4, 0.5) is 5.69 Å². The standard InChI is InChI=1S/C25H19N3O2/c1-16-13-14-17-7-6-10-20(24(17)26-16)27-23(29)15-28-21-11-4-2-8-18(21)25(30)19-9-3-5-12-22(19)28/h2-14H,15H2,1H3,(H,27,29). The molecule has 5 nitrogen and oxygen atoms in total. The Morgan fingerprint density at radius 3 is 2.23 bits per heavy atom. The van der Waals surface area contributed by atoms with E-state index in [9.17, 15) is 9.59 Å². The molecule has 0 radical (unpaired) electrons. The number of para-hydroxylation sites is 3. The molecule has 5 heteroatoms. The third kappa shape index (κ3) is 3.01. The maximum absolute atomic E-state index is 13.0. The lowest BCUT2D eigenvalue weighted by Gasteiger charge is -2.15. The van der Waals surface area contributed by atoms with Crippen LogP contribution in [0.15, 0.2) is 83.7 Å². The van der Waals surface area contributed by atoms with E-state index in [0.717, 1.165) is 27.6 Å². The number of anilines is 1. The van der Waals surface area contributed by atoms with E-state index < -0.39 is 0 Å². The van der Waals surface area contributed by atoms with Crippen molar-refractivity contribution in [1.29, 1.82) is 0 Å². The predicted molar refractivity (Wildman–Crippen MR) is 121 cm³/mol. The zero-order valence-corrected chi connectivity index (χ0v) is 16.4. The van der Waals surface area contributed by atoms with Crippen molar-refractivity contribution in [1.82, 2.24) is 9.55 Å². The summed E-state index contributed by atoms with van der Waals surface area (Å²) in [6.45, 7) is 2.01. The number of aromatic nitrogens is 2. The topological polar surface area (TPSA) is 64.0 Å². The van der Waals surface area contributed by atoms with Gasteiger partial charge in [-0.2, -0.15) is 0 Å². The summed E-state index contributed by atoms with van der Waals surface area (Å²) in [5.41, 5.74) is 3.79. The van der Waals surface area contributed by atoms with E-state index in [2.05, 4.69) is 10.3 Å². The highest BCUT2D eigenvalue weighted by molar-refractivity contribution is 6.02. The van der Waals surface area contributed by atoms with Crippen molar-refractivity contribution in [2.45, 2.75) is 13.5 Å². The summed E-state index contributed by atoms with van der Waals surface area (Å²) in [5, 5.41) is 5.18. The normalized spacial score (nSPS) is 11.2. The number of rotatable bonds is 3. The van der Waals surface area contributed by atoms with Gasteiger partial charge in [0.05, 0.1) is 22.2 Å². The molecule has 1 amide bonds. The van der Waals surface area contributed by atoms with Crippen LogP contribution in [-0.4, -0.2) is 15.5 Å². The van der Waals surface area contributed by atoms with Crippen LogP contribution in [0, 0.1) is 6.92 Å². The molecule has 0 saturated carbocycles. The monoisotopic (exact) mass is 393 g/mol. The van der Waals surface area contributed by atoms with Gasteiger partial charge in [0, 0.05) is 21.9 Å². The van der Waals surface area contributed by atoms with Gasteiger partial charge in [-0.25, -0.2) is 0 Å². The van der Waals surface area contributed by atoms with Gasteiger partial charge in [-0.05, 0) is 43.3 Å². The number of nitrogens with one attached hydrogen (secondary N) is 1. The number of pyridine rings is 2. The lowest BCUT2D eigenvalue weighted by Crippen LogP contribution is -2.21. The van der Waals surface area contributed by atoms with Crippen LogP contribution in [-0.2, 0) is 11.3 Å². The van der Waals surface area contributed by atoms with Crippen LogP contribution in [0.1, 0.15) is 5.69 Å². The van der Waals surface area contributed by atoms with Gasteiger partial charge in [-0.3, -0.25) is 14.6 Å². The molecule has 1 N–H and O–H groups in total. The summed E-state index contributed by atoms with van der Waals surface area (Å²) >= 11 is 0. The van der Waals surface area contributed by atoms with Crippen LogP contribution < -0.4 is 10.7 Å². The summed E-state index contributed by atoms with van der Waals surface area (Å²) in [4.78, 5) is 30.5. The predicted octanol–water partition coefficient (Wildman–Crippen LogP) is 4.65. The molecular formula is C25H19N3O2. The molecule has 30 heavy (non-hydrogen) atoms.